The largest absolute Gasteiger partial charge is 0.477 e. The first-order chi connectivity index (χ1) is 10.1. The summed E-state index contributed by atoms with van der Waals surface area (Å²) < 4.78 is 0. The van der Waals surface area contributed by atoms with Crippen molar-refractivity contribution in [2.75, 3.05) is 0 Å². The maximum Gasteiger partial charge on any atom is 0.352 e. The molecule has 1 aromatic heterocycles. The van der Waals surface area contributed by atoms with E-state index < -0.39 is 11.9 Å². The summed E-state index contributed by atoms with van der Waals surface area (Å²) in [5.74, 6) is -1.60. The van der Waals surface area contributed by atoms with Crippen LogP contribution in [0.4, 0.5) is 0 Å². The van der Waals surface area contributed by atoms with Gasteiger partial charge in [0.1, 0.15) is 5.70 Å². The predicted molar refractivity (Wildman–Crippen MR) is 83.2 cm³/mol. The highest BCUT2D eigenvalue weighted by atomic mass is 32.1. The fourth-order valence-electron chi connectivity index (χ4n) is 1.74. The van der Waals surface area contributed by atoms with Gasteiger partial charge in [-0.2, -0.15) is 0 Å². The summed E-state index contributed by atoms with van der Waals surface area (Å²) in [6.07, 6.45) is 2.38. The Kier molecular flexibility index (Phi) is 4.90. The lowest BCUT2D eigenvalue weighted by atomic mass is 10.2. The highest BCUT2D eigenvalue weighted by Crippen LogP contribution is 2.19. The van der Waals surface area contributed by atoms with Crippen molar-refractivity contribution < 1.29 is 14.7 Å². The lowest BCUT2D eigenvalue weighted by Crippen LogP contribution is -2.27. The van der Waals surface area contributed by atoms with Crippen molar-refractivity contribution in [3.05, 3.63) is 63.5 Å². The number of aryl methyl sites for hydroxylation is 1. The number of amides is 1. The summed E-state index contributed by atoms with van der Waals surface area (Å²) in [5, 5.41) is 11.7. The molecule has 21 heavy (non-hydrogen) atoms. The van der Waals surface area contributed by atoms with Crippen LogP contribution in [0.3, 0.4) is 0 Å². The van der Waals surface area contributed by atoms with Gasteiger partial charge in [0.2, 0.25) is 0 Å². The Bertz CT molecular complexity index is 674. The van der Waals surface area contributed by atoms with Gasteiger partial charge in [-0.25, -0.2) is 4.79 Å². The van der Waals surface area contributed by atoms with Gasteiger partial charge in [-0.1, -0.05) is 25.1 Å². The standard InChI is InChI=1S/C16H15NO3S/c1-2-12-8-9-13(21-12)10-14(16(19)20)17-15(18)11-6-4-3-5-7-11/h3-10H,2H2,1H3,(H,17,18)(H,19,20)/b14-10+. The molecule has 2 rings (SSSR count). The molecule has 5 heteroatoms. The van der Waals surface area contributed by atoms with Crippen LogP contribution >= 0.6 is 11.3 Å². The topological polar surface area (TPSA) is 66.4 Å². The first-order valence-electron chi connectivity index (χ1n) is 6.50. The van der Waals surface area contributed by atoms with Gasteiger partial charge in [0.25, 0.3) is 5.91 Å². The van der Waals surface area contributed by atoms with Crippen molar-refractivity contribution >= 4 is 29.3 Å². The fourth-order valence-corrected chi connectivity index (χ4v) is 2.64. The molecule has 108 valence electrons. The van der Waals surface area contributed by atoms with E-state index in [9.17, 15) is 14.7 Å². The second-order valence-electron chi connectivity index (χ2n) is 4.34. The molecule has 0 bridgehead atoms. The van der Waals surface area contributed by atoms with E-state index in [1.54, 1.807) is 30.3 Å². The second kappa shape index (κ2) is 6.85. The third-order valence-electron chi connectivity index (χ3n) is 2.83. The molecule has 2 N–H and O–H groups in total. The average molecular weight is 301 g/mol. The Hall–Kier alpha value is -2.40. The smallest absolute Gasteiger partial charge is 0.352 e. The van der Waals surface area contributed by atoms with Crippen LogP contribution in [-0.4, -0.2) is 17.0 Å². The van der Waals surface area contributed by atoms with E-state index in [1.807, 2.05) is 19.1 Å². The minimum Gasteiger partial charge on any atom is -0.477 e. The SMILES string of the molecule is CCc1ccc(/C=C(/NC(=O)c2ccccc2)C(=O)O)s1. The molecule has 1 amide bonds. The van der Waals surface area contributed by atoms with E-state index in [0.717, 1.165) is 11.3 Å². The van der Waals surface area contributed by atoms with E-state index in [2.05, 4.69) is 5.32 Å². The highest BCUT2D eigenvalue weighted by Gasteiger charge is 2.13. The minimum atomic E-state index is -1.16. The average Bonchev–Trinajstić information content (AvgIpc) is 2.95. The first kappa shape index (κ1) is 15.0. The molecule has 2 aromatic rings. The second-order valence-corrected chi connectivity index (χ2v) is 5.54. The Morgan fingerprint density at radius 1 is 1.19 bits per heavy atom. The van der Waals surface area contributed by atoms with E-state index in [-0.39, 0.29) is 5.70 Å². The van der Waals surface area contributed by atoms with Crippen LogP contribution in [0.2, 0.25) is 0 Å². The van der Waals surface area contributed by atoms with Gasteiger partial charge in [0.05, 0.1) is 0 Å². The minimum absolute atomic E-state index is 0.131. The van der Waals surface area contributed by atoms with E-state index in [1.165, 1.54) is 22.3 Å². The van der Waals surface area contributed by atoms with Crippen LogP contribution in [0.15, 0.2) is 48.2 Å². The lowest BCUT2D eigenvalue weighted by molar-refractivity contribution is -0.132. The van der Waals surface area contributed by atoms with Crippen LogP contribution in [0.1, 0.15) is 27.0 Å². The van der Waals surface area contributed by atoms with Gasteiger partial charge < -0.3 is 10.4 Å². The van der Waals surface area contributed by atoms with Crippen LogP contribution in [-0.2, 0) is 11.2 Å². The number of nitrogens with one attached hydrogen (secondary N) is 1. The summed E-state index contributed by atoms with van der Waals surface area (Å²) in [6.45, 7) is 2.04. The molecule has 0 aliphatic carbocycles. The number of rotatable bonds is 5. The molecule has 4 nitrogen and oxygen atoms in total. The number of aliphatic carboxylic acids is 1. The van der Waals surface area contributed by atoms with Gasteiger partial charge in [0.15, 0.2) is 0 Å². The summed E-state index contributed by atoms with van der Waals surface area (Å²) in [6, 6.07) is 12.3. The third kappa shape index (κ3) is 4.03. The number of hydrogen-bond donors (Lipinski definition) is 2. The number of thiophene rings is 1. The molecule has 0 radical (unpaired) electrons. The zero-order valence-corrected chi connectivity index (χ0v) is 12.3. The predicted octanol–water partition coefficient (Wildman–Crippen LogP) is 3.17. The van der Waals surface area contributed by atoms with Gasteiger partial charge in [-0.05, 0) is 36.8 Å². The first-order valence-corrected chi connectivity index (χ1v) is 7.32. The van der Waals surface area contributed by atoms with Crippen LogP contribution in [0.25, 0.3) is 6.08 Å². The number of benzene rings is 1. The molecule has 0 aliphatic heterocycles. The molecule has 0 saturated carbocycles. The Labute approximate surface area is 126 Å². The summed E-state index contributed by atoms with van der Waals surface area (Å²) in [4.78, 5) is 25.2. The molecule has 0 fully saturated rings. The normalized spacial score (nSPS) is 11.2. The number of carbonyl (C=O) groups is 2. The third-order valence-corrected chi connectivity index (χ3v) is 4.01. The van der Waals surface area contributed by atoms with Crippen molar-refractivity contribution in [1.82, 2.24) is 5.32 Å². The molecular formula is C16H15NO3S. The number of carboxylic acids is 1. The summed E-state index contributed by atoms with van der Waals surface area (Å²) in [7, 11) is 0. The maximum absolute atomic E-state index is 12.0. The van der Waals surface area contributed by atoms with Gasteiger partial charge in [-0.3, -0.25) is 4.79 Å². The van der Waals surface area contributed by atoms with Crippen molar-refractivity contribution in [1.29, 1.82) is 0 Å². The van der Waals surface area contributed by atoms with E-state index >= 15 is 0 Å². The van der Waals surface area contributed by atoms with E-state index in [0.29, 0.717) is 5.56 Å². The highest BCUT2D eigenvalue weighted by molar-refractivity contribution is 7.12. The summed E-state index contributed by atoms with van der Waals surface area (Å²) in [5.41, 5.74) is 0.290. The quantitative estimate of drug-likeness (QED) is 0.834. The maximum atomic E-state index is 12.0. The molecule has 0 spiro atoms. The molecule has 0 atom stereocenters. The van der Waals surface area contributed by atoms with E-state index in [4.69, 9.17) is 0 Å². The molecule has 1 heterocycles. The summed E-state index contributed by atoms with van der Waals surface area (Å²) >= 11 is 1.51. The van der Waals surface area contributed by atoms with Crippen LogP contribution in [0.5, 0.6) is 0 Å². The van der Waals surface area contributed by atoms with Crippen molar-refractivity contribution in [2.24, 2.45) is 0 Å². The van der Waals surface area contributed by atoms with Crippen LogP contribution < -0.4 is 5.32 Å². The number of hydrogen-bond acceptors (Lipinski definition) is 3. The van der Waals surface area contributed by atoms with Crippen molar-refractivity contribution in [2.45, 2.75) is 13.3 Å². The number of carboxylic acid groups (broad SMARTS) is 1. The monoisotopic (exact) mass is 301 g/mol. The zero-order chi connectivity index (χ0) is 15.2. The molecule has 1 aromatic carbocycles. The molecular weight excluding hydrogens is 286 g/mol. The zero-order valence-electron chi connectivity index (χ0n) is 11.5. The van der Waals surface area contributed by atoms with Gasteiger partial charge >= 0.3 is 5.97 Å². The van der Waals surface area contributed by atoms with Gasteiger partial charge in [0, 0.05) is 15.3 Å². The molecule has 0 aliphatic rings. The van der Waals surface area contributed by atoms with Crippen LogP contribution in [0, 0.1) is 0 Å². The lowest BCUT2D eigenvalue weighted by Gasteiger charge is -2.05. The number of carbonyl (C=O) groups excluding carboxylic acids is 1. The van der Waals surface area contributed by atoms with Crippen molar-refractivity contribution in [3.8, 4) is 0 Å². The molecule has 0 saturated heterocycles. The Morgan fingerprint density at radius 3 is 2.48 bits per heavy atom. The Morgan fingerprint density at radius 2 is 1.90 bits per heavy atom. The fraction of sp³-hybridized carbons (Fsp3) is 0.125. The van der Waals surface area contributed by atoms with Gasteiger partial charge in [-0.15, -0.1) is 11.3 Å². The van der Waals surface area contributed by atoms with Crippen molar-refractivity contribution in [3.63, 3.8) is 0 Å². The molecule has 0 unspecified atom stereocenters. The Balaban J connectivity index is 2.20.